The Hall–Kier alpha value is -1.55. The average molecular weight is 235 g/mol. The molecule has 4 nitrogen and oxygen atoms in total. The van der Waals surface area contributed by atoms with Gasteiger partial charge < -0.3 is 15.2 Å². The summed E-state index contributed by atoms with van der Waals surface area (Å²) in [6.45, 7) is 1.75. The van der Waals surface area contributed by atoms with Crippen LogP contribution in [0.4, 0.5) is 0 Å². The van der Waals surface area contributed by atoms with Crippen molar-refractivity contribution in [3.8, 4) is 5.75 Å². The topological polar surface area (TPSA) is 58.6 Å². The summed E-state index contributed by atoms with van der Waals surface area (Å²) in [6, 6.07) is 7.46. The molecule has 92 valence electrons. The molecule has 1 aromatic rings. The van der Waals surface area contributed by atoms with Gasteiger partial charge in [-0.05, 0) is 37.5 Å². The van der Waals surface area contributed by atoms with Crippen LogP contribution < -0.4 is 10.1 Å². The van der Waals surface area contributed by atoms with E-state index in [1.165, 1.54) is 0 Å². The summed E-state index contributed by atoms with van der Waals surface area (Å²) in [5.41, 5.74) is 0.833. The standard InChI is InChI=1S/C13H17NO3/c1-9(15)10-2-6-12(7-3-10)17-8-13(16)14-11-4-5-11/h2-3,6-7,9,11,15H,4-5,8H2,1H3,(H,14,16). The van der Waals surface area contributed by atoms with Gasteiger partial charge in [-0.25, -0.2) is 0 Å². The summed E-state index contributed by atoms with van der Waals surface area (Å²) >= 11 is 0. The van der Waals surface area contributed by atoms with Gasteiger partial charge in [0.25, 0.3) is 5.91 Å². The summed E-state index contributed by atoms with van der Waals surface area (Å²) in [6.07, 6.45) is 1.67. The third kappa shape index (κ3) is 3.75. The minimum Gasteiger partial charge on any atom is -0.484 e. The van der Waals surface area contributed by atoms with Gasteiger partial charge in [0.15, 0.2) is 6.61 Å². The van der Waals surface area contributed by atoms with Crippen molar-refractivity contribution in [3.63, 3.8) is 0 Å². The van der Waals surface area contributed by atoms with Gasteiger partial charge in [0.05, 0.1) is 6.10 Å². The van der Waals surface area contributed by atoms with E-state index in [-0.39, 0.29) is 12.5 Å². The minimum atomic E-state index is -0.484. The Morgan fingerprint density at radius 1 is 1.47 bits per heavy atom. The molecule has 4 heteroatoms. The third-order valence-electron chi connectivity index (χ3n) is 2.67. The Balaban J connectivity index is 1.79. The van der Waals surface area contributed by atoms with E-state index < -0.39 is 6.10 Å². The second-order valence-corrected chi connectivity index (χ2v) is 4.38. The van der Waals surface area contributed by atoms with E-state index >= 15 is 0 Å². The SMILES string of the molecule is CC(O)c1ccc(OCC(=O)NC2CC2)cc1. The van der Waals surface area contributed by atoms with Crippen LogP contribution in [-0.2, 0) is 4.79 Å². The molecule has 1 amide bonds. The van der Waals surface area contributed by atoms with Crippen LogP contribution in [0.5, 0.6) is 5.75 Å². The Labute approximate surface area is 101 Å². The molecule has 1 aliphatic rings. The maximum absolute atomic E-state index is 11.4. The molecule has 0 saturated heterocycles. The molecule has 1 unspecified atom stereocenters. The number of aliphatic hydroxyl groups is 1. The molecule has 17 heavy (non-hydrogen) atoms. The quantitative estimate of drug-likeness (QED) is 0.811. The second kappa shape index (κ2) is 5.19. The highest BCUT2D eigenvalue weighted by molar-refractivity contribution is 5.78. The summed E-state index contributed by atoms with van der Waals surface area (Å²) < 4.78 is 5.34. The number of nitrogens with one attached hydrogen (secondary N) is 1. The summed E-state index contributed by atoms with van der Waals surface area (Å²) in [7, 11) is 0. The highest BCUT2D eigenvalue weighted by Gasteiger charge is 2.23. The maximum Gasteiger partial charge on any atom is 0.258 e. The first-order valence-electron chi connectivity index (χ1n) is 5.85. The Kier molecular flexibility index (Phi) is 3.64. The number of carbonyl (C=O) groups is 1. The normalized spacial score (nSPS) is 16.4. The van der Waals surface area contributed by atoms with Crippen molar-refractivity contribution in [1.82, 2.24) is 5.32 Å². The minimum absolute atomic E-state index is 0.0462. The zero-order chi connectivity index (χ0) is 12.3. The molecule has 0 bridgehead atoms. The number of rotatable bonds is 5. The first-order chi connectivity index (χ1) is 8.15. The van der Waals surface area contributed by atoms with E-state index in [0.29, 0.717) is 11.8 Å². The number of amides is 1. The number of hydrogen-bond acceptors (Lipinski definition) is 3. The second-order valence-electron chi connectivity index (χ2n) is 4.38. The van der Waals surface area contributed by atoms with Gasteiger partial charge in [-0.1, -0.05) is 12.1 Å². The Bertz CT molecular complexity index is 382. The Morgan fingerprint density at radius 3 is 2.65 bits per heavy atom. The van der Waals surface area contributed by atoms with E-state index in [9.17, 15) is 9.90 Å². The van der Waals surface area contributed by atoms with Crippen molar-refractivity contribution < 1.29 is 14.6 Å². The van der Waals surface area contributed by atoms with E-state index in [0.717, 1.165) is 18.4 Å². The van der Waals surface area contributed by atoms with E-state index in [1.807, 2.05) is 0 Å². The van der Waals surface area contributed by atoms with Crippen LogP contribution in [0.3, 0.4) is 0 Å². The molecule has 1 aliphatic carbocycles. The summed E-state index contributed by atoms with van der Waals surface area (Å²) in [4.78, 5) is 11.4. The van der Waals surface area contributed by atoms with Gasteiger partial charge in [-0.15, -0.1) is 0 Å². The number of carbonyl (C=O) groups excluding carboxylic acids is 1. The summed E-state index contributed by atoms with van der Waals surface area (Å²) in [5.74, 6) is 0.562. The molecular weight excluding hydrogens is 218 g/mol. The van der Waals surface area contributed by atoms with Gasteiger partial charge >= 0.3 is 0 Å². The van der Waals surface area contributed by atoms with Crippen molar-refractivity contribution in [3.05, 3.63) is 29.8 Å². The van der Waals surface area contributed by atoms with Crippen molar-refractivity contribution in [2.45, 2.75) is 31.9 Å². The van der Waals surface area contributed by atoms with Crippen LogP contribution in [0, 0.1) is 0 Å². The van der Waals surface area contributed by atoms with Crippen LogP contribution in [0.1, 0.15) is 31.4 Å². The molecule has 1 saturated carbocycles. The van der Waals surface area contributed by atoms with Gasteiger partial charge in [0.2, 0.25) is 0 Å². The molecule has 0 aromatic heterocycles. The van der Waals surface area contributed by atoms with Crippen molar-refractivity contribution >= 4 is 5.91 Å². The lowest BCUT2D eigenvalue weighted by Crippen LogP contribution is -2.30. The van der Waals surface area contributed by atoms with Crippen molar-refractivity contribution in [2.75, 3.05) is 6.61 Å². The highest BCUT2D eigenvalue weighted by Crippen LogP contribution is 2.19. The molecule has 0 spiro atoms. The van der Waals surface area contributed by atoms with Gasteiger partial charge in [0, 0.05) is 6.04 Å². The first kappa shape index (κ1) is 11.9. The van der Waals surface area contributed by atoms with E-state index in [1.54, 1.807) is 31.2 Å². The molecule has 0 heterocycles. The predicted molar refractivity (Wildman–Crippen MR) is 63.7 cm³/mol. The average Bonchev–Trinajstić information content (AvgIpc) is 3.11. The van der Waals surface area contributed by atoms with Crippen LogP contribution in [0.15, 0.2) is 24.3 Å². The zero-order valence-electron chi connectivity index (χ0n) is 9.85. The molecule has 1 fully saturated rings. The molecule has 1 atom stereocenters. The predicted octanol–water partition coefficient (Wildman–Crippen LogP) is 1.40. The molecule has 2 rings (SSSR count). The fourth-order valence-corrected chi connectivity index (χ4v) is 1.49. The lowest BCUT2D eigenvalue weighted by Gasteiger charge is -2.08. The fourth-order valence-electron chi connectivity index (χ4n) is 1.49. The van der Waals surface area contributed by atoms with Crippen LogP contribution in [-0.4, -0.2) is 23.7 Å². The summed E-state index contributed by atoms with van der Waals surface area (Å²) in [5, 5.41) is 12.2. The molecular formula is C13H17NO3. The number of benzene rings is 1. The van der Waals surface area contributed by atoms with Gasteiger partial charge in [-0.3, -0.25) is 4.79 Å². The van der Waals surface area contributed by atoms with E-state index in [4.69, 9.17) is 4.74 Å². The third-order valence-corrected chi connectivity index (χ3v) is 2.67. The molecule has 1 aromatic carbocycles. The van der Waals surface area contributed by atoms with Crippen LogP contribution in [0.25, 0.3) is 0 Å². The fraction of sp³-hybridized carbons (Fsp3) is 0.462. The largest absolute Gasteiger partial charge is 0.484 e. The zero-order valence-corrected chi connectivity index (χ0v) is 9.85. The first-order valence-corrected chi connectivity index (χ1v) is 5.85. The Morgan fingerprint density at radius 2 is 2.12 bits per heavy atom. The molecule has 2 N–H and O–H groups in total. The molecule has 0 aliphatic heterocycles. The van der Waals surface area contributed by atoms with Gasteiger partial charge in [-0.2, -0.15) is 0 Å². The number of ether oxygens (including phenoxy) is 1. The van der Waals surface area contributed by atoms with E-state index in [2.05, 4.69) is 5.32 Å². The molecule has 0 radical (unpaired) electrons. The van der Waals surface area contributed by atoms with Crippen molar-refractivity contribution in [1.29, 1.82) is 0 Å². The maximum atomic E-state index is 11.4. The lowest BCUT2D eigenvalue weighted by atomic mass is 10.1. The number of aliphatic hydroxyl groups excluding tert-OH is 1. The highest BCUT2D eigenvalue weighted by atomic mass is 16.5. The lowest BCUT2D eigenvalue weighted by molar-refractivity contribution is -0.123. The van der Waals surface area contributed by atoms with Crippen LogP contribution in [0.2, 0.25) is 0 Å². The smallest absolute Gasteiger partial charge is 0.258 e. The van der Waals surface area contributed by atoms with Crippen molar-refractivity contribution in [2.24, 2.45) is 0 Å². The van der Waals surface area contributed by atoms with Crippen LogP contribution >= 0.6 is 0 Å². The monoisotopic (exact) mass is 235 g/mol. The van der Waals surface area contributed by atoms with Gasteiger partial charge in [0.1, 0.15) is 5.75 Å². The number of hydrogen-bond donors (Lipinski definition) is 2.